The number of carbonyl (C=O) groups excluding carboxylic acids is 2. The van der Waals surface area contributed by atoms with Crippen molar-refractivity contribution in [3.05, 3.63) is 80.7 Å². The van der Waals surface area contributed by atoms with E-state index in [4.69, 9.17) is 4.74 Å². The lowest BCUT2D eigenvalue weighted by Gasteiger charge is -2.29. The van der Waals surface area contributed by atoms with Crippen molar-refractivity contribution in [2.24, 2.45) is 0 Å². The van der Waals surface area contributed by atoms with Crippen LogP contribution in [0.3, 0.4) is 0 Å². The van der Waals surface area contributed by atoms with E-state index in [1.807, 2.05) is 64.0 Å². The van der Waals surface area contributed by atoms with Crippen molar-refractivity contribution >= 4 is 40.8 Å². The number of nitrogens with one attached hydrogen (secondary N) is 1. The lowest BCUT2D eigenvalue weighted by molar-refractivity contribution is -0.135. The van der Waals surface area contributed by atoms with Crippen molar-refractivity contribution in [3.63, 3.8) is 0 Å². The van der Waals surface area contributed by atoms with Crippen molar-refractivity contribution in [2.45, 2.75) is 71.3 Å². The maximum Gasteiger partial charge on any atom is 0.408 e. The Kier molecular flexibility index (Phi) is 11.4. The van der Waals surface area contributed by atoms with Crippen molar-refractivity contribution in [1.82, 2.24) is 15.1 Å². The summed E-state index contributed by atoms with van der Waals surface area (Å²) in [6, 6.07) is 12.6. The summed E-state index contributed by atoms with van der Waals surface area (Å²) in [5.74, 6) is -0.197. The Morgan fingerprint density at radius 2 is 1.46 bits per heavy atom. The Morgan fingerprint density at radius 1 is 0.872 bits per heavy atom. The second-order valence-corrected chi connectivity index (χ2v) is 11.9. The molecule has 2 heterocycles. The van der Waals surface area contributed by atoms with Gasteiger partial charge in [0.05, 0.1) is 0 Å². The van der Waals surface area contributed by atoms with Crippen LogP contribution in [0.4, 0.5) is 9.59 Å². The quantitative estimate of drug-likeness (QED) is 0.226. The molecular formula is C29H37N3O5S2. The summed E-state index contributed by atoms with van der Waals surface area (Å²) in [7, 11) is 0. The van der Waals surface area contributed by atoms with Crippen LogP contribution in [0.1, 0.15) is 56.7 Å². The van der Waals surface area contributed by atoms with E-state index in [9.17, 15) is 19.5 Å². The first kappa shape index (κ1) is 30.2. The zero-order valence-corrected chi connectivity index (χ0v) is 24.3. The van der Waals surface area contributed by atoms with Crippen LogP contribution in [-0.2, 0) is 29.2 Å². The van der Waals surface area contributed by atoms with Gasteiger partial charge < -0.3 is 25.0 Å². The third-order valence-electron chi connectivity index (χ3n) is 5.87. The predicted molar refractivity (Wildman–Crippen MR) is 155 cm³/mol. The Labute approximate surface area is 238 Å². The summed E-state index contributed by atoms with van der Waals surface area (Å²) < 4.78 is 5.45. The van der Waals surface area contributed by atoms with E-state index < -0.39 is 23.8 Å². The molecule has 2 N–H and O–H groups in total. The van der Waals surface area contributed by atoms with Gasteiger partial charge in [0.2, 0.25) is 5.91 Å². The van der Waals surface area contributed by atoms with Gasteiger partial charge in [0.15, 0.2) is 0 Å². The maximum absolute atomic E-state index is 13.8. The molecule has 0 radical (unpaired) electrons. The van der Waals surface area contributed by atoms with Crippen LogP contribution in [-0.4, -0.2) is 51.2 Å². The molecule has 39 heavy (non-hydrogen) atoms. The van der Waals surface area contributed by atoms with Gasteiger partial charge >= 0.3 is 12.2 Å². The van der Waals surface area contributed by atoms with Gasteiger partial charge in [-0.15, -0.1) is 0 Å². The van der Waals surface area contributed by atoms with Gasteiger partial charge in [0.25, 0.3) is 0 Å². The molecule has 0 aliphatic rings. The number of benzene rings is 1. The van der Waals surface area contributed by atoms with Gasteiger partial charge in [-0.3, -0.25) is 4.79 Å². The summed E-state index contributed by atoms with van der Waals surface area (Å²) in [4.78, 5) is 41.4. The monoisotopic (exact) mass is 571 g/mol. The number of nitrogens with zero attached hydrogens (tertiary/aromatic N) is 2. The zero-order chi connectivity index (χ0) is 28.3. The summed E-state index contributed by atoms with van der Waals surface area (Å²) in [5.41, 5.74) is 2.26. The molecule has 0 spiro atoms. The fourth-order valence-corrected chi connectivity index (χ4v) is 5.36. The second kappa shape index (κ2) is 14.7. The van der Waals surface area contributed by atoms with Crippen LogP contribution in [0, 0.1) is 0 Å². The molecule has 0 fully saturated rings. The molecule has 0 unspecified atom stereocenters. The van der Waals surface area contributed by atoms with E-state index >= 15 is 0 Å². The molecule has 0 saturated heterocycles. The standard InChI is InChI=1S/C29H37N3O5S2/c1-29(2,3)37-27(34)30-25(11-7-8-14-31(28(35)36)17-22-9-5-4-6-10-22)26(33)32(18-23-12-15-38-20-23)19-24-13-16-39-21-24/h4-6,9-10,12-13,15-16,20-21,25H,7-8,11,14,17-19H2,1-3H3,(H,30,34)(H,35,36)/t25-/m0/s1. The van der Waals surface area contributed by atoms with Gasteiger partial charge in [-0.2, -0.15) is 22.7 Å². The zero-order valence-electron chi connectivity index (χ0n) is 22.7. The topological polar surface area (TPSA) is 99.2 Å². The van der Waals surface area contributed by atoms with Gasteiger partial charge in [0, 0.05) is 26.2 Å². The van der Waals surface area contributed by atoms with Crippen LogP contribution in [0.2, 0.25) is 0 Å². The first-order valence-electron chi connectivity index (χ1n) is 12.9. The lowest BCUT2D eigenvalue weighted by atomic mass is 10.1. The van der Waals surface area contributed by atoms with Crippen LogP contribution < -0.4 is 5.32 Å². The molecule has 3 amide bonds. The normalized spacial score (nSPS) is 12.0. The summed E-state index contributed by atoms with van der Waals surface area (Å²) >= 11 is 3.14. The first-order valence-corrected chi connectivity index (χ1v) is 14.8. The van der Waals surface area contributed by atoms with Crippen LogP contribution in [0.5, 0.6) is 0 Å². The number of ether oxygens (including phenoxy) is 1. The van der Waals surface area contributed by atoms with Gasteiger partial charge in [-0.05, 0) is 90.4 Å². The average molecular weight is 572 g/mol. The lowest BCUT2D eigenvalue weighted by Crippen LogP contribution is -2.49. The average Bonchev–Trinajstić information content (AvgIpc) is 3.58. The number of hydrogen-bond donors (Lipinski definition) is 2. The van der Waals surface area contributed by atoms with Gasteiger partial charge in [-0.1, -0.05) is 30.3 Å². The number of amides is 3. The number of rotatable bonds is 13. The highest BCUT2D eigenvalue weighted by molar-refractivity contribution is 7.08. The van der Waals surface area contributed by atoms with Crippen molar-refractivity contribution in [2.75, 3.05) is 6.54 Å². The highest BCUT2D eigenvalue weighted by Crippen LogP contribution is 2.18. The van der Waals surface area contributed by atoms with Gasteiger partial charge in [0.1, 0.15) is 11.6 Å². The largest absolute Gasteiger partial charge is 0.465 e. The van der Waals surface area contributed by atoms with E-state index in [2.05, 4.69) is 5.32 Å². The Hall–Kier alpha value is -3.37. The fourth-order valence-electron chi connectivity index (χ4n) is 4.04. The predicted octanol–water partition coefficient (Wildman–Crippen LogP) is 6.58. The highest BCUT2D eigenvalue weighted by atomic mass is 32.1. The molecule has 0 saturated carbocycles. The van der Waals surface area contributed by atoms with Crippen LogP contribution in [0.25, 0.3) is 0 Å². The Balaban J connectivity index is 1.68. The van der Waals surface area contributed by atoms with Crippen molar-refractivity contribution in [1.29, 1.82) is 0 Å². The molecule has 3 rings (SSSR count). The third kappa shape index (κ3) is 10.7. The number of unbranched alkanes of at least 4 members (excludes halogenated alkanes) is 1. The number of carboxylic acid groups (broad SMARTS) is 1. The summed E-state index contributed by atoms with van der Waals surface area (Å²) in [6.45, 7) is 6.79. The molecule has 0 aliphatic heterocycles. The number of carbonyl (C=O) groups is 3. The minimum absolute atomic E-state index is 0.197. The number of thiophene rings is 2. The minimum atomic E-state index is -0.990. The molecule has 0 aliphatic carbocycles. The van der Waals surface area contributed by atoms with Crippen molar-refractivity contribution in [3.8, 4) is 0 Å². The molecule has 10 heteroatoms. The molecule has 8 nitrogen and oxygen atoms in total. The SMILES string of the molecule is CC(C)(C)OC(=O)N[C@@H](CCCCN(Cc1ccccc1)C(=O)O)C(=O)N(Cc1ccsc1)Cc1ccsc1. The molecule has 1 aromatic carbocycles. The van der Waals surface area contributed by atoms with E-state index in [1.165, 1.54) is 4.90 Å². The molecular weight excluding hydrogens is 534 g/mol. The molecule has 2 aromatic heterocycles. The fraction of sp³-hybridized carbons (Fsp3) is 0.414. The van der Waals surface area contributed by atoms with Gasteiger partial charge in [-0.25, -0.2) is 9.59 Å². The maximum atomic E-state index is 13.8. The molecule has 3 aromatic rings. The minimum Gasteiger partial charge on any atom is -0.465 e. The highest BCUT2D eigenvalue weighted by Gasteiger charge is 2.28. The van der Waals surface area contributed by atoms with E-state index in [0.29, 0.717) is 45.4 Å². The number of hydrogen-bond acceptors (Lipinski definition) is 6. The molecule has 0 bridgehead atoms. The van der Waals surface area contributed by atoms with E-state index in [-0.39, 0.29) is 5.91 Å². The summed E-state index contributed by atoms with van der Waals surface area (Å²) in [5, 5.41) is 20.4. The Bertz CT molecular complexity index is 1130. The molecule has 1 atom stereocenters. The van der Waals surface area contributed by atoms with E-state index in [1.54, 1.807) is 48.3 Å². The number of alkyl carbamates (subject to hydrolysis) is 1. The molecule has 210 valence electrons. The third-order valence-corrected chi connectivity index (χ3v) is 7.33. The van der Waals surface area contributed by atoms with E-state index in [0.717, 1.165) is 16.7 Å². The first-order chi connectivity index (χ1) is 18.6. The van der Waals surface area contributed by atoms with Crippen LogP contribution >= 0.6 is 22.7 Å². The second-order valence-electron chi connectivity index (χ2n) is 10.3. The smallest absolute Gasteiger partial charge is 0.408 e. The Morgan fingerprint density at radius 3 is 1.97 bits per heavy atom. The van der Waals surface area contributed by atoms with Crippen molar-refractivity contribution < 1.29 is 24.2 Å². The summed E-state index contributed by atoms with van der Waals surface area (Å²) in [6.07, 6.45) is -0.177. The van der Waals surface area contributed by atoms with Crippen LogP contribution in [0.15, 0.2) is 64.0 Å².